The predicted molar refractivity (Wildman–Crippen MR) is 95.6 cm³/mol. The van der Waals surface area contributed by atoms with Crippen LogP contribution in [0.5, 0.6) is 0 Å². The smallest absolute Gasteiger partial charge is 0.222 e. The van der Waals surface area contributed by atoms with Gasteiger partial charge in [0.2, 0.25) is 5.95 Å². The Morgan fingerprint density at radius 3 is 2.83 bits per heavy atom. The number of aromatic nitrogens is 2. The lowest BCUT2D eigenvalue weighted by molar-refractivity contribution is 0.559. The van der Waals surface area contributed by atoms with Crippen molar-refractivity contribution in [3.8, 4) is 0 Å². The number of nitrogens with one attached hydrogen (secondary N) is 1. The third-order valence-corrected chi connectivity index (χ3v) is 6.08. The summed E-state index contributed by atoms with van der Waals surface area (Å²) >= 11 is 7.77. The van der Waals surface area contributed by atoms with Crippen molar-refractivity contribution < 1.29 is 0 Å². The first-order valence-electron chi connectivity index (χ1n) is 8.07. The summed E-state index contributed by atoms with van der Waals surface area (Å²) in [5.41, 5.74) is 8.40. The van der Waals surface area contributed by atoms with Crippen LogP contribution < -0.4 is 16.0 Å². The zero-order chi connectivity index (χ0) is 15.8. The van der Waals surface area contributed by atoms with E-state index in [1.165, 1.54) is 10.4 Å². The van der Waals surface area contributed by atoms with Crippen LogP contribution in [0.2, 0.25) is 4.34 Å². The van der Waals surface area contributed by atoms with Crippen LogP contribution in [0, 0.1) is 0 Å². The normalized spacial score (nSPS) is 21.3. The molecule has 1 fully saturated rings. The number of hydrogen-bond acceptors (Lipinski definition) is 6. The Bertz CT molecular complexity index is 710. The maximum absolute atomic E-state index is 6.09. The summed E-state index contributed by atoms with van der Waals surface area (Å²) in [5, 5.41) is 3.38. The van der Waals surface area contributed by atoms with Crippen molar-refractivity contribution in [3.63, 3.8) is 0 Å². The molecule has 4 rings (SSSR count). The highest BCUT2D eigenvalue weighted by molar-refractivity contribution is 7.16. The Labute approximate surface area is 144 Å². The quantitative estimate of drug-likeness (QED) is 0.871. The van der Waals surface area contributed by atoms with E-state index in [0.717, 1.165) is 61.3 Å². The van der Waals surface area contributed by atoms with Crippen LogP contribution in [0.4, 0.5) is 11.8 Å². The number of anilines is 2. The number of rotatable bonds is 2. The van der Waals surface area contributed by atoms with E-state index >= 15 is 0 Å². The number of nitrogens with two attached hydrogens (primary N) is 1. The Morgan fingerprint density at radius 2 is 2.09 bits per heavy atom. The molecule has 1 saturated heterocycles. The molecule has 0 aromatic carbocycles. The average molecular weight is 350 g/mol. The van der Waals surface area contributed by atoms with Crippen molar-refractivity contribution in [3.05, 3.63) is 32.6 Å². The summed E-state index contributed by atoms with van der Waals surface area (Å²) < 4.78 is 0.856. The number of halogens is 1. The van der Waals surface area contributed by atoms with Gasteiger partial charge in [0, 0.05) is 36.6 Å². The molecule has 0 spiro atoms. The van der Waals surface area contributed by atoms with Gasteiger partial charge in [-0.05, 0) is 37.3 Å². The van der Waals surface area contributed by atoms with Crippen molar-refractivity contribution in [2.45, 2.75) is 25.2 Å². The molecule has 3 N–H and O–H groups in total. The van der Waals surface area contributed by atoms with E-state index in [1.807, 2.05) is 6.07 Å². The first-order chi connectivity index (χ1) is 11.2. The third-order valence-electron chi connectivity index (χ3n) is 4.68. The van der Waals surface area contributed by atoms with Crippen LogP contribution in [0.1, 0.15) is 28.5 Å². The highest BCUT2D eigenvalue weighted by Gasteiger charge is 2.27. The Balaban J connectivity index is 1.65. The highest BCUT2D eigenvalue weighted by Crippen LogP contribution is 2.39. The first-order valence-corrected chi connectivity index (χ1v) is 9.26. The van der Waals surface area contributed by atoms with Gasteiger partial charge in [0.05, 0.1) is 10.0 Å². The van der Waals surface area contributed by atoms with Gasteiger partial charge in [-0.3, -0.25) is 0 Å². The summed E-state index contributed by atoms with van der Waals surface area (Å²) in [6.45, 7) is 3.95. The maximum Gasteiger partial charge on any atom is 0.222 e. The molecule has 1 atom stereocenters. The van der Waals surface area contributed by atoms with E-state index in [2.05, 4.69) is 26.3 Å². The summed E-state index contributed by atoms with van der Waals surface area (Å²) in [7, 11) is 0. The third kappa shape index (κ3) is 3.03. The van der Waals surface area contributed by atoms with E-state index < -0.39 is 0 Å². The van der Waals surface area contributed by atoms with Crippen molar-refractivity contribution in [2.24, 2.45) is 0 Å². The van der Waals surface area contributed by atoms with Crippen molar-refractivity contribution in [1.82, 2.24) is 15.3 Å². The lowest BCUT2D eigenvalue weighted by Gasteiger charge is -2.33. The fourth-order valence-corrected chi connectivity index (χ4v) is 4.74. The van der Waals surface area contributed by atoms with E-state index in [9.17, 15) is 0 Å². The SMILES string of the molecule is Nc1nc2c(c(N3CCNCC3)n1)CCC(c1ccc(Cl)s1)C2. The molecule has 1 aliphatic heterocycles. The van der Waals surface area contributed by atoms with Gasteiger partial charge < -0.3 is 16.0 Å². The van der Waals surface area contributed by atoms with Crippen LogP contribution >= 0.6 is 22.9 Å². The van der Waals surface area contributed by atoms with Gasteiger partial charge in [-0.2, -0.15) is 4.98 Å². The van der Waals surface area contributed by atoms with Gasteiger partial charge in [-0.1, -0.05) is 11.6 Å². The zero-order valence-corrected chi connectivity index (χ0v) is 14.5. The fourth-order valence-electron chi connectivity index (χ4n) is 3.54. The molecule has 2 aromatic heterocycles. The van der Waals surface area contributed by atoms with Crippen LogP contribution in [0.15, 0.2) is 12.1 Å². The molecule has 0 saturated carbocycles. The minimum atomic E-state index is 0.391. The van der Waals surface area contributed by atoms with Crippen LogP contribution in [0.25, 0.3) is 0 Å². The molecule has 1 unspecified atom stereocenters. The zero-order valence-electron chi connectivity index (χ0n) is 12.9. The average Bonchev–Trinajstić information content (AvgIpc) is 3.01. The molecule has 2 aromatic rings. The number of nitrogen functional groups attached to an aromatic ring is 1. The van der Waals surface area contributed by atoms with Gasteiger partial charge >= 0.3 is 0 Å². The summed E-state index contributed by atoms with van der Waals surface area (Å²) in [4.78, 5) is 12.8. The summed E-state index contributed by atoms with van der Waals surface area (Å²) in [5.74, 6) is 1.93. The van der Waals surface area contributed by atoms with E-state index in [-0.39, 0.29) is 0 Å². The first kappa shape index (κ1) is 15.2. The molecule has 5 nitrogen and oxygen atoms in total. The molecule has 0 amide bonds. The summed E-state index contributed by atoms with van der Waals surface area (Å²) in [6.07, 6.45) is 3.06. The van der Waals surface area contributed by atoms with E-state index in [4.69, 9.17) is 17.3 Å². The lowest BCUT2D eigenvalue weighted by atomic mass is 9.86. The Morgan fingerprint density at radius 1 is 1.26 bits per heavy atom. The second kappa shape index (κ2) is 6.26. The topological polar surface area (TPSA) is 67.1 Å². The molecule has 122 valence electrons. The molecule has 0 radical (unpaired) electrons. The van der Waals surface area contributed by atoms with Gasteiger partial charge in [-0.25, -0.2) is 4.98 Å². The second-order valence-corrected chi connectivity index (χ2v) is 7.90. The van der Waals surface area contributed by atoms with Gasteiger partial charge in [0.15, 0.2) is 0 Å². The van der Waals surface area contributed by atoms with Gasteiger partial charge in [0.25, 0.3) is 0 Å². The number of nitrogens with zero attached hydrogens (tertiary/aromatic N) is 3. The van der Waals surface area contributed by atoms with E-state index in [0.29, 0.717) is 11.9 Å². The fraction of sp³-hybridized carbons (Fsp3) is 0.500. The van der Waals surface area contributed by atoms with Crippen molar-refractivity contribution in [1.29, 1.82) is 0 Å². The Hall–Kier alpha value is -1.37. The van der Waals surface area contributed by atoms with Crippen molar-refractivity contribution >= 4 is 34.7 Å². The highest BCUT2D eigenvalue weighted by atomic mass is 35.5. The molecule has 2 aliphatic rings. The number of hydrogen-bond donors (Lipinski definition) is 2. The molecule has 7 heteroatoms. The van der Waals surface area contributed by atoms with Gasteiger partial charge in [0.1, 0.15) is 5.82 Å². The molecular weight excluding hydrogens is 330 g/mol. The van der Waals surface area contributed by atoms with Crippen molar-refractivity contribution in [2.75, 3.05) is 36.8 Å². The number of thiophene rings is 1. The molecular formula is C16H20ClN5S. The monoisotopic (exact) mass is 349 g/mol. The van der Waals surface area contributed by atoms with Crippen LogP contribution in [0.3, 0.4) is 0 Å². The number of piperazine rings is 1. The van der Waals surface area contributed by atoms with E-state index in [1.54, 1.807) is 11.3 Å². The molecule has 1 aliphatic carbocycles. The molecule has 23 heavy (non-hydrogen) atoms. The van der Waals surface area contributed by atoms with Crippen LogP contribution in [-0.4, -0.2) is 36.1 Å². The maximum atomic E-state index is 6.09. The summed E-state index contributed by atoms with van der Waals surface area (Å²) in [6, 6.07) is 4.13. The number of fused-ring (bicyclic) bond motifs is 1. The molecule has 3 heterocycles. The Kier molecular flexibility index (Phi) is 4.13. The predicted octanol–water partition coefficient (Wildman–Crippen LogP) is 2.46. The minimum absolute atomic E-state index is 0.391. The second-order valence-electron chi connectivity index (χ2n) is 6.15. The van der Waals surface area contributed by atoms with Gasteiger partial charge in [-0.15, -0.1) is 11.3 Å². The lowest BCUT2D eigenvalue weighted by Crippen LogP contribution is -2.44. The molecule has 0 bridgehead atoms. The standard InChI is InChI=1S/C16H20ClN5S/c17-14-4-3-13(23-14)10-1-2-11-12(9-10)20-16(18)21-15(11)22-7-5-19-6-8-22/h3-4,10,19H,1-2,5-9H2,(H2,18,20,21). The van der Waals surface area contributed by atoms with Crippen LogP contribution in [-0.2, 0) is 12.8 Å². The minimum Gasteiger partial charge on any atom is -0.368 e. The largest absolute Gasteiger partial charge is 0.368 e.